The van der Waals surface area contributed by atoms with Crippen LogP contribution in [0.1, 0.15) is 17.3 Å². The normalized spacial score (nSPS) is 9.83. The molecule has 0 unspecified atom stereocenters. The summed E-state index contributed by atoms with van der Waals surface area (Å²) in [6.07, 6.45) is 2.60. The Bertz CT molecular complexity index is 546. The molecular formula is C12H11N3O3. The predicted octanol–water partition coefficient (Wildman–Crippen LogP) is 1.89. The number of hydrogen-bond acceptors (Lipinski definition) is 4. The number of carbonyl (C=O) groups excluding carboxylic acids is 2. The number of carbonyl (C=O) groups is 2. The first-order valence-electron chi connectivity index (χ1n) is 5.23. The highest BCUT2D eigenvalue weighted by atomic mass is 16.5. The molecule has 0 saturated heterocycles. The highest BCUT2D eigenvalue weighted by molar-refractivity contribution is 6.03. The van der Waals surface area contributed by atoms with E-state index in [1.807, 2.05) is 0 Å². The molecule has 2 amide bonds. The molecule has 0 aliphatic heterocycles. The van der Waals surface area contributed by atoms with Crippen molar-refractivity contribution in [2.45, 2.75) is 6.92 Å². The number of amides is 2. The van der Waals surface area contributed by atoms with E-state index < -0.39 is 0 Å². The Morgan fingerprint density at radius 1 is 1.11 bits per heavy atom. The van der Waals surface area contributed by atoms with E-state index in [1.54, 1.807) is 24.3 Å². The summed E-state index contributed by atoms with van der Waals surface area (Å²) in [4.78, 5) is 22.5. The van der Waals surface area contributed by atoms with Crippen LogP contribution in [-0.2, 0) is 4.79 Å². The van der Waals surface area contributed by atoms with E-state index in [0.717, 1.165) is 0 Å². The van der Waals surface area contributed by atoms with Crippen molar-refractivity contribution in [2.75, 3.05) is 10.6 Å². The fourth-order valence-corrected chi connectivity index (χ4v) is 1.36. The average Bonchev–Trinajstić information content (AvgIpc) is 2.84. The number of hydrogen-bond donors (Lipinski definition) is 2. The van der Waals surface area contributed by atoms with Gasteiger partial charge in [0.25, 0.3) is 5.91 Å². The molecule has 1 heterocycles. The molecular weight excluding hydrogens is 234 g/mol. The highest BCUT2D eigenvalue weighted by Gasteiger charge is 2.07. The first kappa shape index (κ1) is 11.8. The van der Waals surface area contributed by atoms with Crippen LogP contribution in [0.3, 0.4) is 0 Å². The van der Waals surface area contributed by atoms with Gasteiger partial charge in [-0.3, -0.25) is 9.59 Å². The van der Waals surface area contributed by atoms with Gasteiger partial charge in [-0.15, -0.1) is 0 Å². The summed E-state index contributed by atoms with van der Waals surface area (Å²) < 4.78 is 4.58. The van der Waals surface area contributed by atoms with E-state index in [2.05, 4.69) is 20.3 Å². The molecule has 18 heavy (non-hydrogen) atoms. The molecule has 1 aromatic heterocycles. The molecule has 2 rings (SSSR count). The first-order chi connectivity index (χ1) is 8.65. The molecule has 0 saturated carbocycles. The molecule has 0 aliphatic rings. The number of anilines is 2. The third-order valence-corrected chi connectivity index (χ3v) is 2.16. The smallest absolute Gasteiger partial charge is 0.260 e. The van der Waals surface area contributed by atoms with Crippen molar-refractivity contribution in [1.82, 2.24) is 5.16 Å². The van der Waals surface area contributed by atoms with Gasteiger partial charge in [0.15, 0.2) is 0 Å². The molecule has 92 valence electrons. The molecule has 6 heteroatoms. The van der Waals surface area contributed by atoms with Crippen molar-refractivity contribution < 1.29 is 14.1 Å². The summed E-state index contributed by atoms with van der Waals surface area (Å²) >= 11 is 0. The Labute approximate surface area is 103 Å². The lowest BCUT2D eigenvalue weighted by molar-refractivity contribution is -0.114. The summed E-state index contributed by atoms with van der Waals surface area (Å²) in [5, 5.41) is 8.76. The predicted molar refractivity (Wildman–Crippen MR) is 65.2 cm³/mol. The van der Waals surface area contributed by atoms with Crippen molar-refractivity contribution in [3.8, 4) is 0 Å². The minimum absolute atomic E-state index is 0.142. The zero-order valence-electron chi connectivity index (χ0n) is 9.64. The Hall–Kier alpha value is -2.63. The maximum Gasteiger partial charge on any atom is 0.260 e. The first-order valence-corrected chi connectivity index (χ1v) is 5.23. The van der Waals surface area contributed by atoms with Gasteiger partial charge in [-0.05, 0) is 24.3 Å². The van der Waals surface area contributed by atoms with E-state index in [0.29, 0.717) is 16.9 Å². The number of rotatable bonds is 3. The zero-order valence-corrected chi connectivity index (χ0v) is 9.64. The van der Waals surface area contributed by atoms with Crippen LogP contribution in [0.25, 0.3) is 0 Å². The van der Waals surface area contributed by atoms with Gasteiger partial charge >= 0.3 is 0 Å². The fourth-order valence-electron chi connectivity index (χ4n) is 1.36. The van der Waals surface area contributed by atoms with E-state index >= 15 is 0 Å². The van der Waals surface area contributed by atoms with Crippen molar-refractivity contribution in [2.24, 2.45) is 0 Å². The molecule has 0 radical (unpaired) electrons. The Balaban J connectivity index is 2.02. The standard InChI is InChI=1S/C12H11N3O3/c1-8(16)14-10-2-4-11(5-3-10)15-12(17)9-6-13-18-7-9/h2-7H,1H3,(H,14,16)(H,15,17). The second-order valence-corrected chi connectivity index (χ2v) is 3.63. The topological polar surface area (TPSA) is 84.2 Å². The molecule has 0 spiro atoms. The minimum atomic E-state index is -0.302. The van der Waals surface area contributed by atoms with E-state index in [-0.39, 0.29) is 11.8 Å². The highest BCUT2D eigenvalue weighted by Crippen LogP contribution is 2.14. The molecule has 2 aromatic rings. The van der Waals surface area contributed by atoms with Crippen molar-refractivity contribution in [1.29, 1.82) is 0 Å². The van der Waals surface area contributed by atoms with Crippen LogP contribution in [-0.4, -0.2) is 17.0 Å². The van der Waals surface area contributed by atoms with Gasteiger partial charge < -0.3 is 15.2 Å². The number of nitrogens with zero attached hydrogens (tertiary/aromatic N) is 1. The molecule has 0 fully saturated rings. The third-order valence-electron chi connectivity index (χ3n) is 2.16. The number of benzene rings is 1. The van der Waals surface area contributed by atoms with Gasteiger partial charge in [-0.1, -0.05) is 5.16 Å². The Morgan fingerprint density at radius 2 is 1.72 bits per heavy atom. The van der Waals surface area contributed by atoms with Crippen LogP contribution in [0.4, 0.5) is 11.4 Å². The lowest BCUT2D eigenvalue weighted by atomic mass is 10.2. The van der Waals surface area contributed by atoms with E-state index in [4.69, 9.17) is 0 Å². The second kappa shape index (κ2) is 5.13. The lowest BCUT2D eigenvalue weighted by Crippen LogP contribution is -2.11. The minimum Gasteiger partial charge on any atom is -0.364 e. The summed E-state index contributed by atoms with van der Waals surface area (Å²) in [6, 6.07) is 6.78. The summed E-state index contributed by atoms with van der Waals surface area (Å²) in [7, 11) is 0. The van der Waals surface area contributed by atoms with Gasteiger partial charge in [0, 0.05) is 18.3 Å². The molecule has 6 nitrogen and oxygen atoms in total. The van der Waals surface area contributed by atoms with E-state index in [9.17, 15) is 9.59 Å². The maximum atomic E-state index is 11.7. The van der Waals surface area contributed by atoms with Crippen molar-refractivity contribution in [3.63, 3.8) is 0 Å². The van der Waals surface area contributed by atoms with Crippen LogP contribution < -0.4 is 10.6 Å². The SMILES string of the molecule is CC(=O)Nc1ccc(NC(=O)c2cnoc2)cc1. The van der Waals surface area contributed by atoms with Crippen LogP contribution in [0.2, 0.25) is 0 Å². The Kier molecular flexibility index (Phi) is 3.38. The third kappa shape index (κ3) is 2.94. The summed E-state index contributed by atoms with van der Waals surface area (Å²) in [6.45, 7) is 1.43. The molecule has 0 aliphatic carbocycles. The van der Waals surface area contributed by atoms with Crippen LogP contribution in [0.5, 0.6) is 0 Å². The van der Waals surface area contributed by atoms with Crippen LogP contribution in [0, 0.1) is 0 Å². The monoisotopic (exact) mass is 245 g/mol. The van der Waals surface area contributed by atoms with Crippen LogP contribution in [0.15, 0.2) is 41.2 Å². The lowest BCUT2D eigenvalue weighted by Gasteiger charge is -2.05. The molecule has 0 atom stereocenters. The fraction of sp³-hybridized carbons (Fsp3) is 0.0833. The molecule has 0 bridgehead atoms. The summed E-state index contributed by atoms with van der Waals surface area (Å²) in [5.41, 5.74) is 1.64. The van der Waals surface area contributed by atoms with Gasteiger partial charge in [-0.2, -0.15) is 0 Å². The molecule has 1 aromatic carbocycles. The average molecular weight is 245 g/mol. The van der Waals surface area contributed by atoms with Crippen molar-refractivity contribution >= 4 is 23.2 Å². The molecule has 2 N–H and O–H groups in total. The summed E-state index contributed by atoms with van der Waals surface area (Å²) in [5.74, 6) is -0.445. The number of nitrogens with one attached hydrogen (secondary N) is 2. The maximum absolute atomic E-state index is 11.7. The van der Waals surface area contributed by atoms with Gasteiger partial charge in [-0.25, -0.2) is 0 Å². The zero-order chi connectivity index (χ0) is 13.0. The van der Waals surface area contributed by atoms with Gasteiger partial charge in [0.1, 0.15) is 6.26 Å². The second-order valence-electron chi connectivity index (χ2n) is 3.63. The van der Waals surface area contributed by atoms with Crippen molar-refractivity contribution in [3.05, 3.63) is 42.3 Å². The van der Waals surface area contributed by atoms with Crippen LogP contribution >= 0.6 is 0 Å². The van der Waals surface area contributed by atoms with Gasteiger partial charge in [0.2, 0.25) is 5.91 Å². The van der Waals surface area contributed by atoms with Gasteiger partial charge in [0.05, 0.1) is 11.8 Å². The Morgan fingerprint density at radius 3 is 2.22 bits per heavy atom. The number of aromatic nitrogens is 1. The largest absolute Gasteiger partial charge is 0.364 e. The quantitative estimate of drug-likeness (QED) is 0.864. The van der Waals surface area contributed by atoms with E-state index in [1.165, 1.54) is 19.4 Å².